The molecule has 0 saturated carbocycles. The van der Waals surface area contributed by atoms with Crippen LogP contribution in [-0.4, -0.2) is 67.9 Å². The van der Waals surface area contributed by atoms with Crippen LogP contribution in [0.25, 0.3) is 0 Å². The van der Waals surface area contributed by atoms with Crippen molar-refractivity contribution in [2.24, 2.45) is 5.92 Å². The average Bonchev–Trinajstić information content (AvgIpc) is 3.34. The van der Waals surface area contributed by atoms with Crippen LogP contribution in [0.4, 0.5) is 18.0 Å². The summed E-state index contributed by atoms with van der Waals surface area (Å²) in [5.74, 6) is 1.48. The van der Waals surface area contributed by atoms with Crippen LogP contribution < -0.4 is 14.8 Å². The van der Waals surface area contributed by atoms with Gasteiger partial charge in [-0.15, -0.1) is 0 Å². The fraction of sp³-hybridized carbons (Fsp3) is 0.650. The third-order valence-corrected chi connectivity index (χ3v) is 5.78. The molecule has 0 spiro atoms. The van der Waals surface area contributed by atoms with Crippen molar-refractivity contribution in [3.63, 3.8) is 0 Å². The summed E-state index contributed by atoms with van der Waals surface area (Å²) >= 11 is 0. The summed E-state index contributed by atoms with van der Waals surface area (Å²) in [5.41, 5.74) is 1.01. The smallest absolute Gasteiger partial charge is 0.401 e. The standard InChI is InChI=1S/C20H26F3N3O3/c21-20(22,23)13-25-7-5-14(12-25)11-24-19(27)26-6-1-2-16(26)15-3-4-17-18(10-15)29-9-8-28-17/h3-4,10,14,16H,1-2,5-9,11-13H2,(H,24,27). The SMILES string of the molecule is O=C(NCC1CCN(CC(F)(F)F)C1)N1CCCC1c1ccc2c(c1)OCCO2. The van der Waals surface area contributed by atoms with E-state index in [2.05, 4.69) is 5.32 Å². The lowest BCUT2D eigenvalue weighted by atomic mass is 10.0. The first-order valence-corrected chi connectivity index (χ1v) is 10.1. The number of rotatable bonds is 4. The van der Waals surface area contributed by atoms with Crippen LogP contribution in [0.1, 0.15) is 30.9 Å². The number of hydrogen-bond donors (Lipinski definition) is 1. The van der Waals surface area contributed by atoms with E-state index in [0.717, 1.165) is 24.2 Å². The first-order chi connectivity index (χ1) is 13.9. The van der Waals surface area contributed by atoms with E-state index < -0.39 is 12.7 Å². The number of benzene rings is 1. The minimum Gasteiger partial charge on any atom is -0.486 e. The van der Waals surface area contributed by atoms with E-state index in [9.17, 15) is 18.0 Å². The van der Waals surface area contributed by atoms with Gasteiger partial charge < -0.3 is 19.7 Å². The number of carbonyl (C=O) groups excluding carboxylic acids is 1. The van der Waals surface area contributed by atoms with E-state index in [0.29, 0.717) is 51.6 Å². The third-order valence-electron chi connectivity index (χ3n) is 5.78. The zero-order chi connectivity index (χ0) is 20.4. The number of urea groups is 1. The lowest BCUT2D eigenvalue weighted by Crippen LogP contribution is -2.42. The predicted molar refractivity (Wildman–Crippen MR) is 100 cm³/mol. The van der Waals surface area contributed by atoms with Crippen molar-refractivity contribution in [1.29, 1.82) is 0 Å². The topological polar surface area (TPSA) is 54.0 Å². The molecule has 0 aliphatic carbocycles. The van der Waals surface area contributed by atoms with Crippen LogP contribution in [0.2, 0.25) is 0 Å². The van der Waals surface area contributed by atoms with Gasteiger partial charge in [0.2, 0.25) is 0 Å². The number of ether oxygens (including phenoxy) is 2. The van der Waals surface area contributed by atoms with Crippen molar-refractivity contribution < 1.29 is 27.4 Å². The highest BCUT2D eigenvalue weighted by molar-refractivity contribution is 5.75. The second-order valence-electron chi connectivity index (χ2n) is 7.95. The molecule has 2 atom stereocenters. The Morgan fingerprint density at radius 1 is 1.14 bits per heavy atom. The summed E-state index contributed by atoms with van der Waals surface area (Å²) in [6.45, 7) is 2.02. The van der Waals surface area contributed by atoms with Gasteiger partial charge in [0.05, 0.1) is 12.6 Å². The van der Waals surface area contributed by atoms with Gasteiger partial charge in [0.1, 0.15) is 13.2 Å². The molecule has 29 heavy (non-hydrogen) atoms. The first kappa shape index (κ1) is 20.1. The third kappa shape index (κ3) is 4.88. The Labute approximate surface area is 167 Å². The second kappa shape index (κ2) is 8.30. The minimum absolute atomic E-state index is 0.0314. The van der Waals surface area contributed by atoms with Crippen molar-refractivity contribution in [3.8, 4) is 11.5 Å². The molecule has 1 aromatic carbocycles. The molecule has 0 aromatic heterocycles. The highest BCUT2D eigenvalue weighted by atomic mass is 19.4. The van der Waals surface area contributed by atoms with Crippen molar-refractivity contribution in [1.82, 2.24) is 15.1 Å². The number of nitrogens with one attached hydrogen (secondary N) is 1. The van der Waals surface area contributed by atoms with Gasteiger partial charge in [-0.1, -0.05) is 6.07 Å². The molecule has 9 heteroatoms. The summed E-state index contributed by atoms with van der Waals surface area (Å²) < 4.78 is 48.8. The number of hydrogen-bond acceptors (Lipinski definition) is 4. The molecule has 3 aliphatic heterocycles. The molecule has 0 bridgehead atoms. The maximum Gasteiger partial charge on any atom is 0.401 e. The van der Waals surface area contributed by atoms with Crippen molar-refractivity contribution >= 4 is 6.03 Å². The van der Waals surface area contributed by atoms with Gasteiger partial charge in [-0.05, 0) is 49.4 Å². The Morgan fingerprint density at radius 3 is 2.72 bits per heavy atom. The normalized spacial score (nSPS) is 24.7. The van der Waals surface area contributed by atoms with Crippen LogP contribution in [0.5, 0.6) is 11.5 Å². The van der Waals surface area contributed by atoms with Crippen LogP contribution in [0.15, 0.2) is 18.2 Å². The number of alkyl halides is 3. The summed E-state index contributed by atoms with van der Waals surface area (Å²) in [6.07, 6.45) is -1.72. The highest BCUT2D eigenvalue weighted by Gasteiger charge is 2.35. The van der Waals surface area contributed by atoms with E-state index in [1.54, 1.807) is 0 Å². The number of fused-ring (bicyclic) bond motifs is 1. The molecule has 2 fully saturated rings. The number of carbonyl (C=O) groups is 1. The lowest BCUT2D eigenvalue weighted by Gasteiger charge is -2.27. The fourth-order valence-electron chi connectivity index (χ4n) is 4.43. The fourth-order valence-corrected chi connectivity index (χ4v) is 4.43. The van der Waals surface area contributed by atoms with Crippen LogP contribution in [0.3, 0.4) is 0 Å². The Bertz CT molecular complexity index is 743. The van der Waals surface area contributed by atoms with Gasteiger partial charge in [-0.2, -0.15) is 13.2 Å². The molecule has 2 amide bonds. The van der Waals surface area contributed by atoms with E-state index in [4.69, 9.17) is 9.47 Å². The van der Waals surface area contributed by atoms with Gasteiger partial charge in [0.25, 0.3) is 0 Å². The summed E-state index contributed by atoms with van der Waals surface area (Å²) in [5, 5.41) is 2.94. The summed E-state index contributed by atoms with van der Waals surface area (Å²) in [7, 11) is 0. The van der Waals surface area contributed by atoms with Gasteiger partial charge in [-0.25, -0.2) is 4.79 Å². The monoisotopic (exact) mass is 413 g/mol. The molecule has 3 heterocycles. The number of nitrogens with zero attached hydrogens (tertiary/aromatic N) is 2. The molecule has 2 unspecified atom stereocenters. The van der Waals surface area contributed by atoms with Gasteiger partial charge >= 0.3 is 12.2 Å². The Kier molecular flexibility index (Phi) is 5.76. The molecule has 6 nitrogen and oxygen atoms in total. The van der Waals surface area contributed by atoms with E-state index in [1.165, 1.54) is 4.90 Å². The van der Waals surface area contributed by atoms with Crippen molar-refractivity contribution in [2.45, 2.75) is 31.5 Å². The number of amides is 2. The molecule has 160 valence electrons. The van der Waals surface area contributed by atoms with Crippen LogP contribution in [0, 0.1) is 5.92 Å². The molecule has 2 saturated heterocycles. The van der Waals surface area contributed by atoms with Crippen LogP contribution >= 0.6 is 0 Å². The quantitative estimate of drug-likeness (QED) is 0.824. The van der Waals surface area contributed by atoms with Crippen LogP contribution in [-0.2, 0) is 0 Å². The maximum absolute atomic E-state index is 12.8. The highest BCUT2D eigenvalue weighted by Crippen LogP contribution is 2.38. The average molecular weight is 413 g/mol. The number of halogens is 3. The van der Waals surface area contributed by atoms with Gasteiger partial charge in [0.15, 0.2) is 11.5 Å². The zero-order valence-electron chi connectivity index (χ0n) is 16.2. The van der Waals surface area contributed by atoms with E-state index in [-0.39, 0.29) is 18.0 Å². The molecule has 3 aliphatic rings. The Balaban J connectivity index is 1.32. The Morgan fingerprint density at radius 2 is 1.93 bits per heavy atom. The zero-order valence-corrected chi connectivity index (χ0v) is 16.2. The summed E-state index contributed by atoms with van der Waals surface area (Å²) in [4.78, 5) is 16.0. The lowest BCUT2D eigenvalue weighted by molar-refractivity contribution is -0.143. The molecular weight excluding hydrogens is 387 g/mol. The molecular formula is C20H26F3N3O3. The van der Waals surface area contributed by atoms with Gasteiger partial charge in [0, 0.05) is 19.6 Å². The van der Waals surface area contributed by atoms with Crippen molar-refractivity contribution in [2.75, 3.05) is 45.9 Å². The first-order valence-electron chi connectivity index (χ1n) is 10.1. The van der Waals surface area contributed by atoms with E-state index >= 15 is 0 Å². The van der Waals surface area contributed by atoms with E-state index in [1.807, 2.05) is 23.1 Å². The minimum atomic E-state index is -4.18. The Hall–Kier alpha value is -2.16. The van der Waals surface area contributed by atoms with Gasteiger partial charge in [-0.3, -0.25) is 4.90 Å². The second-order valence-corrected chi connectivity index (χ2v) is 7.95. The van der Waals surface area contributed by atoms with Crippen molar-refractivity contribution in [3.05, 3.63) is 23.8 Å². The summed E-state index contributed by atoms with van der Waals surface area (Å²) in [6, 6.07) is 5.60. The number of likely N-dealkylation sites (tertiary alicyclic amines) is 2. The molecule has 1 N–H and O–H groups in total. The predicted octanol–water partition coefficient (Wildman–Crippen LogP) is 3.19. The molecule has 0 radical (unpaired) electrons. The maximum atomic E-state index is 12.8. The molecule has 1 aromatic rings. The molecule has 4 rings (SSSR count). The largest absolute Gasteiger partial charge is 0.486 e.